The molecule has 1 aromatic carbocycles. The smallest absolute Gasteiger partial charge is 0.0509 e. The Balaban J connectivity index is 3.19. The molecule has 0 N–H and O–H groups in total. The van der Waals surface area contributed by atoms with Crippen LogP contribution in [-0.2, 0) is 0 Å². The Morgan fingerprint density at radius 2 is 2.09 bits per heavy atom. The van der Waals surface area contributed by atoms with Crippen molar-refractivity contribution in [1.82, 2.24) is 0 Å². The highest BCUT2D eigenvalue weighted by Gasteiger charge is 1.95. The van der Waals surface area contributed by atoms with E-state index in [1.54, 1.807) is 0 Å². The second kappa shape index (κ2) is 4.13. The first-order chi connectivity index (χ1) is 5.24. The molecule has 0 heterocycles. The van der Waals surface area contributed by atoms with E-state index in [0.717, 1.165) is 7.14 Å². The molecular weight excluding hydrogens is 368 g/mol. The van der Waals surface area contributed by atoms with Gasteiger partial charge in [-0.3, -0.25) is 0 Å². The molecule has 0 aliphatic heterocycles. The van der Waals surface area contributed by atoms with E-state index in [1.807, 2.05) is 18.2 Å². The molecule has 11 heavy (non-hydrogen) atoms. The minimum Gasteiger partial charge on any atom is -0.0597 e. The van der Waals surface area contributed by atoms with E-state index >= 15 is 0 Å². The number of rotatable bonds is 1. The minimum atomic E-state index is 0.688. The number of benzene rings is 1. The van der Waals surface area contributed by atoms with E-state index < -0.39 is 0 Å². The highest BCUT2D eigenvalue weighted by atomic mass is 127. The van der Waals surface area contributed by atoms with Crippen LogP contribution in [0.5, 0.6) is 0 Å². The Morgan fingerprint density at radius 3 is 2.64 bits per heavy atom. The Bertz CT molecular complexity index is 318. The van der Waals surface area contributed by atoms with E-state index in [4.69, 9.17) is 5.53 Å². The highest BCUT2D eigenvalue weighted by Crippen LogP contribution is 2.23. The summed E-state index contributed by atoms with van der Waals surface area (Å²) in [5, 5.41) is 3.52. The van der Waals surface area contributed by atoms with Gasteiger partial charge in [0.2, 0.25) is 0 Å². The first-order valence-corrected chi connectivity index (χ1v) is 4.90. The van der Waals surface area contributed by atoms with Crippen LogP contribution in [0.1, 0.15) is 0 Å². The van der Waals surface area contributed by atoms with Crippen LogP contribution in [0.3, 0.4) is 0 Å². The fraction of sp³-hybridized carbons (Fsp3) is 0. The van der Waals surface area contributed by atoms with Crippen molar-refractivity contribution < 1.29 is 0 Å². The molecule has 0 fully saturated rings. The van der Waals surface area contributed by atoms with Crippen molar-refractivity contribution in [3.63, 3.8) is 0 Å². The summed E-state index contributed by atoms with van der Waals surface area (Å²) in [6, 6.07) is 5.68. The van der Waals surface area contributed by atoms with Crippen LogP contribution in [0.25, 0.3) is 10.4 Å². The van der Waals surface area contributed by atoms with Crippen molar-refractivity contribution in [2.45, 2.75) is 0 Å². The van der Waals surface area contributed by atoms with Gasteiger partial charge in [0, 0.05) is 12.1 Å². The first-order valence-electron chi connectivity index (χ1n) is 2.74. The monoisotopic (exact) mass is 371 g/mol. The molecule has 0 radical (unpaired) electrons. The van der Waals surface area contributed by atoms with Crippen LogP contribution in [-0.4, -0.2) is 0 Å². The summed E-state index contributed by atoms with van der Waals surface area (Å²) in [5.41, 5.74) is 8.86. The zero-order valence-corrected chi connectivity index (χ0v) is 9.64. The number of nitrogens with zero attached hydrogens (tertiary/aromatic N) is 3. The maximum atomic E-state index is 8.17. The van der Waals surface area contributed by atoms with Crippen LogP contribution < -0.4 is 0 Å². The maximum absolute atomic E-state index is 8.17. The lowest BCUT2D eigenvalue weighted by molar-refractivity contribution is 1.43. The van der Waals surface area contributed by atoms with E-state index in [9.17, 15) is 0 Å². The van der Waals surface area contributed by atoms with Crippen LogP contribution in [0.4, 0.5) is 5.69 Å². The third-order valence-electron chi connectivity index (χ3n) is 1.06. The van der Waals surface area contributed by atoms with Gasteiger partial charge in [-0.05, 0) is 62.8 Å². The molecule has 0 amide bonds. The minimum absolute atomic E-state index is 0.688. The van der Waals surface area contributed by atoms with Crippen LogP contribution >= 0.6 is 45.2 Å². The molecule has 3 nitrogen and oxygen atoms in total. The Morgan fingerprint density at radius 1 is 1.36 bits per heavy atom. The topological polar surface area (TPSA) is 48.8 Å². The maximum Gasteiger partial charge on any atom is 0.0509 e. The van der Waals surface area contributed by atoms with Crippen molar-refractivity contribution in [2.24, 2.45) is 5.11 Å². The molecular formula is C6H3I2N3. The van der Waals surface area contributed by atoms with E-state index in [0.29, 0.717) is 5.69 Å². The molecule has 0 aromatic heterocycles. The second-order valence-corrected chi connectivity index (χ2v) is 4.19. The van der Waals surface area contributed by atoms with Gasteiger partial charge in [0.15, 0.2) is 0 Å². The van der Waals surface area contributed by atoms with Gasteiger partial charge in [-0.15, -0.1) is 0 Å². The predicted octanol–water partition coefficient (Wildman–Crippen LogP) is 3.84. The molecule has 0 bridgehead atoms. The average molecular weight is 371 g/mol. The van der Waals surface area contributed by atoms with Gasteiger partial charge in [0.25, 0.3) is 0 Å². The molecule has 56 valence electrons. The van der Waals surface area contributed by atoms with Crippen LogP contribution in [0, 0.1) is 7.14 Å². The van der Waals surface area contributed by atoms with Crippen molar-refractivity contribution in [3.8, 4) is 0 Å². The van der Waals surface area contributed by atoms with Crippen LogP contribution in [0.15, 0.2) is 23.3 Å². The number of hydrogen-bond donors (Lipinski definition) is 0. The molecule has 1 aromatic rings. The van der Waals surface area contributed by atoms with Gasteiger partial charge in [0.1, 0.15) is 0 Å². The van der Waals surface area contributed by atoms with E-state index in [2.05, 4.69) is 55.2 Å². The fourth-order valence-electron chi connectivity index (χ4n) is 0.611. The second-order valence-electron chi connectivity index (χ2n) is 1.79. The summed E-state index contributed by atoms with van der Waals surface area (Å²) >= 11 is 4.35. The summed E-state index contributed by atoms with van der Waals surface area (Å²) in [7, 11) is 0. The molecule has 5 heteroatoms. The zero-order valence-electron chi connectivity index (χ0n) is 5.33. The Labute approximate surface area is 91.1 Å². The number of azide groups is 1. The van der Waals surface area contributed by atoms with Crippen LogP contribution in [0.2, 0.25) is 0 Å². The van der Waals surface area contributed by atoms with Gasteiger partial charge >= 0.3 is 0 Å². The first kappa shape index (κ1) is 9.08. The Hall–Kier alpha value is -0.0100. The van der Waals surface area contributed by atoms with Gasteiger partial charge < -0.3 is 0 Å². The molecule has 0 spiro atoms. The summed E-state index contributed by atoms with van der Waals surface area (Å²) in [4.78, 5) is 2.71. The van der Waals surface area contributed by atoms with Crippen molar-refractivity contribution >= 4 is 50.9 Å². The summed E-state index contributed by atoms with van der Waals surface area (Å²) < 4.78 is 2.12. The van der Waals surface area contributed by atoms with E-state index in [-0.39, 0.29) is 0 Å². The van der Waals surface area contributed by atoms with Crippen molar-refractivity contribution in [3.05, 3.63) is 35.8 Å². The van der Waals surface area contributed by atoms with Crippen molar-refractivity contribution in [1.29, 1.82) is 0 Å². The third-order valence-corrected chi connectivity index (χ3v) is 2.60. The zero-order chi connectivity index (χ0) is 8.27. The standard InChI is InChI=1S/C6H3I2N3/c7-4-1-2-6(10-11-9)5(8)3-4/h1-3H. The molecule has 0 atom stereocenters. The Kier molecular flexibility index (Phi) is 3.41. The SMILES string of the molecule is [N-]=[N+]=Nc1ccc(I)cc1I. The van der Waals surface area contributed by atoms with Crippen molar-refractivity contribution in [2.75, 3.05) is 0 Å². The molecule has 0 saturated carbocycles. The molecule has 0 aliphatic carbocycles. The van der Waals surface area contributed by atoms with Gasteiger partial charge in [0.05, 0.1) is 5.69 Å². The molecule has 1 rings (SSSR count). The lowest BCUT2D eigenvalue weighted by Gasteiger charge is -1.95. The van der Waals surface area contributed by atoms with Gasteiger partial charge in [-0.25, -0.2) is 0 Å². The number of hydrogen-bond acceptors (Lipinski definition) is 1. The largest absolute Gasteiger partial charge is 0.0597 e. The highest BCUT2D eigenvalue weighted by molar-refractivity contribution is 14.1. The lowest BCUT2D eigenvalue weighted by Crippen LogP contribution is -1.74. The quantitative estimate of drug-likeness (QED) is 0.312. The summed E-state index contributed by atoms with van der Waals surface area (Å²) in [6.07, 6.45) is 0. The summed E-state index contributed by atoms with van der Waals surface area (Å²) in [6.45, 7) is 0. The van der Waals surface area contributed by atoms with Gasteiger partial charge in [-0.1, -0.05) is 11.2 Å². The van der Waals surface area contributed by atoms with Gasteiger partial charge in [-0.2, -0.15) is 0 Å². The fourth-order valence-corrected chi connectivity index (χ4v) is 2.32. The predicted molar refractivity (Wildman–Crippen MR) is 60.7 cm³/mol. The normalized spacial score (nSPS) is 8.91. The van der Waals surface area contributed by atoms with E-state index in [1.165, 1.54) is 0 Å². The average Bonchev–Trinajstić information content (AvgIpc) is 1.95. The summed E-state index contributed by atoms with van der Waals surface area (Å²) in [5.74, 6) is 0. The molecule has 0 saturated heterocycles. The lowest BCUT2D eigenvalue weighted by atomic mass is 10.3. The molecule has 0 aliphatic rings. The number of halogens is 2. The third kappa shape index (κ3) is 2.49. The molecule has 0 unspecified atom stereocenters.